The molecule has 0 aromatic heterocycles. The van der Waals surface area contributed by atoms with Crippen LogP contribution < -0.4 is 5.73 Å². The van der Waals surface area contributed by atoms with Crippen LogP contribution >= 0.6 is 12.4 Å². The molecule has 5 heteroatoms. The van der Waals surface area contributed by atoms with Gasteiger partial charge in [-0.2, -0.15) is 0 Å². The molecular formula is C16H23ClN2O2. The molecular weight excluding hydrogens is 288 g/mol. The molecule has 2 atom stereocenters. The number of amides is 1. The average molecular weight is 311 g/mol. The van der Waals surface area contributed by atoms with Gasteiger partial charge in [0.1, 0.15) is 6.10 Å². The summed E-state index contributed by atoms with van der Waals surface area (Å²) in [5.41, 5.74) is 8.33. The molecule has 1 fully saturated rings. The van der Waals surface area contributed by atoms with Gasteiger partial charge >= 0.3 is 0 Å². The van der Waals surface area contributed by atoms with Gasteiger partial charge in [0.2, 0.25) is 0 Å². The highest BCUT2D eigenvalue weighted by Gasteiger charge is 2.35. The van der Waals surface area contributed by atoms with E-state index in [1.807, 2.05) is 11.9 Å². The second kappa shape index (κ2) is 6.77. The van der Waals surface area contributed by atoms with E-state index in [0.29, 0.717) is 6.54 Å². The molecule has 1 saturated heterocycles. The number of carbonyl (C=O) groups excluding carboxylic acids is 1. The van der Waals surface area contributed by atoms with Gasteiger partial charge in [0.05, 0.1) is 6.10 Å². The molecule has 116 valence electrons. The van der Waals surface area contributed by atoms with Crippen LogP contribution in [0.5, 0.6) is 0 Å². The van der Waals surface area contributed by atoms with Crippen LogP contribution in [0.2, 0.25) is 0 Å². The number of carbonyl (C=O) groups is 1. The van der Waals surface area contributed by atoms with E-state index in [4.69, 9.17) is 10.5 Å². The highest BCUT2D eigenvalue weighted by Crippen LogP contribution is 2.27. The highest BCUT2D eigenvalue weighted by molar-refractivity contribution is 5.85. The summed E-state index contributed by atoms with van der Waals surface area (Å²) < 4.78 is 5.71. The van der Waals surface area contributed by atoms with Gasteiger partial charge in [-0.05, 0) is 36.8 Å². The summed E-state index contributed by atoms with van der Waals surface area (Å²) in [5.74, 6) is 0.110. The Hall–Kier alpha value is -1.10. The van der Waals surface area contributed by atoms with E-state index in [0.717, 1.165) is 25.7 Å². The second-order valence-electron chi connectivity index (χ2n) is 5.84. The number of likely N-dealkylation sites (N-methyl/N-ethyl adjacent to an activating group) is 1. The van der Waals surface area contributed by atoms with Crippen LogP contribution in [0.1, 0.15) is 24.0 Å². The van der Waals surface area contributed by atoms with Crippen molar-refractivity contribution in [2.24, 2.45) is 5.73 Å². The zero-order chi connectivity index (χ0) is 14.1. The zero-order valence-electron chi connectivity index (χ0n) is 12.3. The van der Waals surface area contributed by atoms with Crippen molar-refractivity contribution in [1.82, 2.24) is 4.90 Å². The minimum absolute atomic E-state index is 0. The van der Waals surface area contributed by atoms with Crippen LogP contribution in [0.4, 0.5) is 0 Å². The maximum atomic E-state index is 12.5. The van der Waals surface area contributed by atoms with E-state index in [9.17, 15) is 4.79 Å². The highest BCUT2D eigenvalue weighted by atomic mass is 35.5. The maximum Gasteiger partial charge on any atom is 0.251 e. The van der Waals surface area contributed by atoms with E-state index in [1.165, 1.54) is 11.1 Å². The lowest BCUT2D eigenvalue weighted by Crippen LogP contribution is -2.43. The molecule has 1 amide bonds. The lowest BCUT2D eigenvalue weighted by atomic mass is 10.1. The van der Waals surface area contributed by atoms with E-state index < -0.39 is 0 Å². The first-order valence-electron chi connectivity index (χ1n) is 7.38. The molecule has 1 aromatic rings. The summed E-state index contributed by atoms with van der Waals surface area (Å²) in [6.07, 6.45) is 3.35. The third kappa shape index (κ3) is 3.23. The van der Waals surface area contributed by atoms with Crippen LogP contribution in [0, 0.1) is 0 Å². The molecule has 1 heterocycles. The average Bonchev–Trinajstić information content (AvgIpc) is 3.11. The number of nitrogens with two attached hydrogens (primary N) is 1. The molecule has 0 saturated carbocycles. The summed E-state index contributed by atoms with van der Waals surface area (Å²) in [5, 5.41) is 0. The lowest BCUT2D eigenvalue weighted by molar-refractivity contribution is -0.143. The Morgan fingerprint density at radius 2 is 1.90 bits per heavy atom. The number of hydrogen-bond acceptors (Lipinski definition) is 3. The van der Waals surface area contributed by atoms with Gasteiger partial charge in [0.15, 0.2) is 0 Å². The Morgan fingerprint density at radius 3 is 2.43 bits per heavy atom. The SMILES string of the molecule is CN(C(=O)[C@@H]1CC[C@H](CN)O1)C1Cc2ccccc2C1.Cl. The van der Waals surface area contributed by atoms with E-state index in [2.05, 4.69) is 24.3 Å². The third-order valence-corrected chi connectivity index (χ3v) is 4.57. The fraction of sp³-hybridized carbons (Fsp3) is 0.562. The Labute approximate surface area is 132 Å². The van der Waals surface area contributed by atoms with Crippen molar-refractivity contribution in [2.75, 3.05) is 13.6 Å². The molecule has 21 heavy (non-hydrogen) atoms. The fourth-order valence-electron chi connectivity index (χ4n) is 3.28. The number of nitrogens with zero attached hydrogens (tertiary/aromatic N) is 1. The molecule has 1 aromatic carbocycles. The maximum absolute atomic E-state index is 12.5. The molecule has 3 rings (SSSR count). The first-order chi connectivity index (χ1) is 9.69. The Morgan fingerprint density at radius 1 is 1.29 bits per heavy atom. The monoisotopic (exact) mass is 310 g/mol. The van der Waals surface area contributed by atoms with Crippen LogP contribution in [0.15, 0.2) is 24.3 Å². The van der Waals surface area contributed by atoms with E-state index in [-0.39, 0.29) is 36.6 Å². The van der Waals surface area contributed by atoms with Crippen LogP contribution in [-0.4, -0.2) is 42.6 Å². The van der Waals surface area contributed by atoms with E-state index in [1.54, 1.807) is 0 Å². The molecule has 4 nitrogen and oxygen atoms in total. The summed E-state index contributed by atoms with van der Waals surface area (Å²) in [6, 6.07) is 8.71. The normalized spacial score (nSPS) is 24.5. The summed E-state index contributed by atoms with van der Waals surface area (Å²) in [4.78, 5) is 14.4. The third-order valence-electron chi connectivity index (χ3n) is 4.57. The minimum atomic E-state index is -0.294. The van der Waals surface area contributed by atoms with Gasteiger partial charge in [0, 0.05) is 19.6 Å². The Bertz CT molecular complexity index is 484. The fourth-order valence-corrected chi connectivity index (χ4v) is 3.28. The Kier molecular flexibility index (Phi) is 5.25. The van der Waals surface area contributed by atoms with Gasteiger partial charge in [-0.15, -0.1) is 12.4 Å². The summed E-state index contributed by atoms with van der Waals surface area (Å²) in [7, 11) is 1.90. The van der Waals surface area contributed by atoms with Crippen molar-refractivity contribution >= 4 is 18.3 Å². The number of ether oxygens (including phenoxy) is 1. The van der Waals surface area contributed by atoms with Crippen LogP contribution in [0.3, 0.4) is 0 Å². The molecule has 2 aliphatic rings. The number of fused-ring (bicyclic) bond motifs is 1. The second-order valence-corrected chi connectivity index (χ2v) is 5.84. The Balaban J connectivity index is 0.00000161. The minimum Gasteiger partial charge on any atom is -0.364 e. The van der Waals surface area contributed by atoms with Gasteiger partial charge in [0.25, 0.3) is 5.91 Å². The van der Waals surface area contributed by atoms with E-state index >= 15 is 0 Å². The molecule has 0 radical (unpaired) electrons. The van der Waals surface area contributed by atoms with Crippen molar-refractivity contribution in [2.45, 2.75) is 43.9 Å². The first kappa shape index (κ1) is 16.3. The van der Waals surface area contributed by atoms with Gasteiger partial charge in [-0.25, -0.2) is 0 Å². The molecule has 0 bridgehead atoms. The van der Waals surface area contributed by atoms with Gasteiger partial charge in [-0.3, -0.25) is 4.79 Å². The first-order valence-corrected chi connectivity index (χ1v) is 7.38. The van der Waals surface area contributed by atoms with Gasteiger partial charge < -0.3 is 15.4 Å². The summed E-state index contributed by atoms with van der Waals surface area (Å²) in [6.45, 7) is 0.502. The topological polar surface area (TPSA) is 55.6 Å². The van der Waals surface area contributed by atoms with Crippen molar-refractivity contribution in [3.05, 3.63) is 35.4 Å². The largest absolute Gasteiger partial charge is 0.364 e. The van der Waals surface area contributed by atoms with Gasteiger partial charge in [-0.1, -0.05) is 24.3 Å². The zero-order valence-corrected chi connectivity index (χ0v) is 13.1. The number of halogens is 1. The number of benzene rings is 1. The number of rotatable bonds is 3. The standard InChI is InChI=1S/C16H22N2O2.ClH/c1-18(16(19)15-7-6-14(10-17)20-15)13-8-11-4-2-3-5-12(11)9-13;/h2-5,13-15H,6-10,17H2,1H3;1H/t14-,15+;/m1./s1. The van der Waals surface area contributed by atoms with Crippen LogP contribution in [0.25, 0.3) is 0 Å². The van der Waals surface area contributed by atoms with Crippen molar-refractivity contribution in [3.8, 4) is 0 Å². The smallest absolute Gasteiger partial charge is 0.251 e. The molecule has 1 aliphatic heterocycles. The van der Waals surface area contributed by atoms with Crippen molar-refractivity contribution < 1.29 is 9.53 Å². The molecule has 0 spiro atoms. The molecule has 1 aliphatic carbocycles. The predicted octanol–water partition coefficient (Wildman–Crippen LogP) is 1.54. The van der Waals surface area contributed by atoms with Crippen molar-refractivity contribution in [3.63, 3.8) is 0 Å². The summed E-state index contributed by atoms with van der Waals surface area (Å²) >= 11 is 0. The predicted molar refractivity (Wildman–Crippen MR) is 84.6 cm³/mol. The molecule has 2 N–H and O–H groups in total. The number of hydrogen-bond donors (Lipinski definition) is 1. The van der Waals surface area contributed by atoms with Crippen LogP contribution in [-0.2, 0) is 22.4 Å². The van der Waals surface area contributed by atoms with Crippen molar-refractivity contribution in [1.29, 1.82) is 0 Å². The molecule has 0 unspecified atom stereocenters. The quantitative estimate of drug-likeness (QED) is 0.921. The lowest BCUT2D eigenvalue weighted by Gasteiger charge is -2.27.